The van der Waals surface area contributed by atoms with Gasteiger partial charge in [0.25, 0.3) is 0 Å². The molecule has 0 heterocycles. The van der Waals surface area contributed by atoms with E-state index in [1.54, 1.807) is 26.0 Å². The highest BCUT2D eigenvalue weighted by atomic mass is 32.2. The minimum atomic E-state index is -3.44. The summed E-state index contributed by atoms with van der Waals surface area (Å²) in [7, 11) is -0.500. The molecule has 0 aliphatic heterocycles. The van der Waals surface area contributed by atoms with E-state index in [-0.39, 0.29) is 4.90 Å². The van der Waals surface area contributed by atoms with Crippen molar-refractivity contribution < 1.29 is 13.2 Å². The highest BCUT2D eigenvalue weighted by Crippen LogP contribution is 2.19. The molecule has 3 N–H and O–H groups in total. The summed E-state index contributed by atoms with van der Waals surface area (Å²) >= 11 is 0. The van der Waals surface area contributed by atoms with Crippen molar-refractivity contribution in [3.8, 4) is 0 Å². The van der Waals surface area contributed by atoms with E-state index in [1.165, 1.54) is 26.2 Å². The predicted octanol–water partition coefficient (Wildman–Crippen LogP) is 0.613. The molecule has 106 valence electrons. The van der Waals surface area contributed by atoms with Crippen molar-refractivity contribution >= 4 is 21.6 Å². The average Bonchev–Trinajstić information content (AvgIpc) is 2.28. The third-order valence-electron chi connectivity index (χ3n) is 2.71. The Morgan fingerprint density at radius 1 is 1.21 bits per heavy atom. The zero-order valence-electron chi connectivity index (χ0n) is 11.5. The van der Waals surface area contributed by atoms with Crippen molar-refractivity contribution in [3.63, 3.8) is 0 Å². The predicted molar refractivity (Wildman–Crippen MR) is 74.2 cm³/mol. The van der Waals surface area contributed by atoms with Crippen LogP contribution in [-0.2, 0) is 14.8 Å². The molecule has 1 aromatic rings. The summed E-state index contributed by atoms with van der Waals surface area (Å²) < 4.78 is 24.9. The van der Waals surface area contributed by atoms with Crippen LogP contribution in [0, 0.1) is 0 Å². The first kappa shape index (κ1) is 15.5. The van der Waals surface area contributed by atoms with Gasteiger partial charge in [-0.25, -0.2) is 12.7 Å². The molecular weight excluding hydrogens is 266 g/mol. The molecule has 1 amide bonds. The van der Waals surface area contributed by atoms with E-state index in [9.17, 15) is 13.2 Å². The number of nitrogens with two attached hydrogens (primary N) is 1. The smallest absolute Gasteiger partial charge is 0.242 e. The fourth-order valence-corrected chi connectivity index (χ4v) is 2.25. The first-order valence-corrected chi connectivity index (χ1v) is 7.12. The highest BCUT2D eigenvalue weighted by molar-refractivity contribution is 7.89. The lowest BCUT2D eigenvalue weighted by molar-refractivity contribution is -0.121. The van der Waals surface area contributed by atoms with Crippen molar-refractivity contribution in [2.75, 3.05) is 19.4 Å². The van der Waals surface area contributed by atoms with Gasteiger partial charge in [-0.3, -0.25) is 4.79 Å². The molecule has 0 bridgehead atoms. The fourth-order valence-electron chi connectivity index (χ4n) is 1.34. The largest absolute Gasteiger partial charge is 0.372 e. The summed E-state index contributed by atoms with van der Waals surface area (Å²) in [6, 6.07) is 6.16. The van der Waals surface area contributed by atoms with Crippen LogP contribution in [0.1, 0.15) is 13.8 Å². The number of hydrogen-bond acceptors (Lipinski definition) is 4. The van der Waals surface area contributed by atoms with E-state index in [0.717, 1.165) is 4.31 Å². The molecule has 1 aromatic carbocycles. The summed E-state index contributed by atoms with van der Waals surface area (Å²) in [5, 5.41) is 2.94. The first-order chi connectivity index (χ1) is 8.57. The maximum Gasteiger partial charge on any atom is 0.242 e. The standard InChI is InChI=1S/C12H19N3O3S/c1-12(2,11(13)16)14-9-5-7-10(8-6-9)19(17,18)15(3)4/h5-8,14H,1-4H3,(H2,13,16). The SMILES string of the molecule is CN(C)S(=O)(=O)c1ccc(NC(C)(C)C(N)=O)cc1. The average molecular weight is 285 g/mol. The summed E-state index contributed by atoms with van der Waals surface area (Å²) in [4.78, 5) is 11.4. The lowest BCUT2D eigenvalue weighted by Gasteiger charge is -2.23. The van der Waals surface area contributed by atoms with Gasteiger partial charge in [-0.15, -0.1) is 0 Å². The van der Waals surface area contributed by atoms with E-state index in [2.05, 4.69) is 5.32 Å². The molecule has 0 aliphatic carbocycles. The van der Waals surface area contributed by atoms with E-state index in [4.69, 9.17) is 5.73 Å². The van der Waals surface area contributed by atoms with Gasteiger partial charge in [0.2, 0.25) is 15.9 Å². The topological polar surface area (TPSA) is 92.5 Å². The number of nitrogens with one attached hydrogen (secondary N) is 1. The summed E-state index contributed by atoms with van der Waals surface area (Å²) in [5.41, 5.74) is 4.98. The van der Waals surface area contributed by atoms with Gasteiger partial charge >= 0.3 is 0 Å². The minimum Gasteiger partial charge on any atom is -0.372 e. The second-order valence-corrected chi connectivity index (χ2v) is 7.08. The number of amides is 1. The number of carbonyl (C=O) groups is 1. The minimum absolute atomic E-state index is 0.194. The van der Waals surface area contributed by atoms with Crippen molar-refractivity contribution in [3.05, 3.63) is 24.3 Å². The Hall–Kier alpha value is -1.60. The van der Waals surface area contributed by atoms with Gasteiger partial charge in [-0.05, 0) is 38.1 Å². The van der Waals surface area contributed by atoms with Gasteiger partial charge in [0.05, 0.1) is 4.90 Å². The zero-order valence-corrected chi connectivity index (χ0v) is 12.3. The molecule has 0 atom stereocenters. The Bertz CT molecular complexity index is 562. The number of nitrogens with zero attached hydrogens (tertiary/aromatic N) is 1. The summed E-state index contributed by atoms with van der Waals surface area (Å²) in [5.74, 6) is -0.488. The van der Waals surface area contributed by atoms with Gasteiger partial charge in [0, 0.05) is 19.8 Å². The molecule has 0 spiro atoms. The Labute approximate surface area is 113 Å². The van der Waals surface area contributed by atoms with Gasteiger partial charge in [0.15, 0.2) is 0 Å². The Balaban J connectivity index is 2.99. The van der Waals surface area contributed by atoms with E-state index >= 15 is 0 Å². The Morgan fingerprint density at radius 2 is 1.68 bits per heavy atom. The van der Waals surface area contributed by atoms with Crippen molar-refractivity contribution in [2.24, 2.45) is 5.73 Å². The molecule has 0 aliphatic rings. The van der Waals surface area contributed by atoms with Crippen molar-refractivity contribution in [1.82, 2.24) is 4.31 Å². The number of carbonyl (C=O) groups excluding carboxylic acids is 1. The number of hydrogen-bond donors (Lipinski definition) is 2. The monoisotopic (exact) mass is 285 g/mol. The first-order valence-electron chi connectivity index (χ1n) is 5.68. The molecule has 0 aromatic heterocycles. The van der Waals surface area contributed by atoms with Crippen LogP contribution in [0.2, 0.25) is 0 Å². The van der Waals surface area contributed by atoms with Crippen LogP contribution >= 0.6 is 0 Å². The van der Waals surface area contributed by atoms with E-state index in [1.807, 2.05) is 0 Å². The van der Waals surface area contributed by atoms with E-state index in [0.29, 0.717) is 5.69 Å². The number of sulfonamides is 1. The third kappa shape index (κ3) is 3.45. The second-order valence-electron chi connectivity index (χ2n) is 4.93. The van der Waals surface area contributed by atoms with Crippen LogP contribution in [0.25, 0.3) is 0 Å². The molecular formula is C12H19N3O3S. The molecule has 19 heavy (non-hydrogen) atoms. The highest BCUT2D eigenvalue weighted by Gasteiger charge is 2.24. The summed E-state index contributed by atoms with van der Waals surface area (Å²) in [6.07, 6.45) is 0. The third-order valence-corrected chi connectivity index (χ3v) is 4.54. The lowest BCUT2D eigenvalue weighted by atomic mass is 10.0. The van der Waals surface area contributed by atoms with Crippen molar-refractivity contribution in [1.29, 1.82) is 0 Å². The van der Waals surface area contributed by atoms with Crippen molar-refractivity contribution in [2.45, 2.75) is 24.3 Å². The number of rotatable bonds is 5. The van der Waals surface area contributed by atoms with Crippen LogP contribution in [-0.4, -0.2) is 38.3 Å². The number of benzene rings is 1. The van der Waals surface area contributed by atoms with Gasteiger partial charge in [-0.2, -0.15) is 0 Å². The van der Waals surface area contributed by atoms with Crippen LogP contribution in [0.5, 0.6) is 0 Å². The molecule has 0 fully saturated rings. The Kier molecular flexibility index (Phi) is 4.21. The van der Waals surface area contributed by atoms with Gasteiger partial charge in [0.1, 0.15) is 5.54 Å². The van der Waals surface area contributed by atoms with Crippen LogP contribution in [0.15, 0.2) is 29.2 Å². The number of anilines is 1. The van der Waals surface area contributed by atoms with Crippen LogP contribution in [0.4, 0.5) is 5.69 Å². The second kappa shape index (κ2) is 5.18. The molecule has 6 nitrogen and oxygen atoms in total. The molecule has 0 saturated heterocycles. The lowest BCUT2D eigenvalue weighted by Crippen LogP contribution is -2.45. The zero-order chi connectivity index (χ0) is 14.8. The molecule has 0 radical (unpaired) electrons. The molecule has 1 rings (SSSR count). The maximum absolute atomic E-state index is 11.9. The molecule has 0 saturated carbocycles. The van der Waals surface area contributed by atoms with E-state index < -0.39 is 21.5 Å². The number of primary amides is 1. The van der Waals surface area contributed by atoms with Crippen LogP contribution < -0.4 is 11.1 Å². The quantitative estimate of drug-likeness (QED) is 0.829. The Morgan fingerprint density at radius 3 is 2.05 bits per heavy atom. The normalized spacial score (nSPS) is 12.5. The van der Waals surface area contributed by atoms with Gasteiger partial charge in [-0.1, -0.05) is 0 Å². The van der Waals surface area contributed by atoms with Crippen LogP contribution in [0.3, 0.4) is 0 Å². The fraction of sp³-hybridized carbons (Fsp3) is 0.417. The molecule has 7 heteroatoms. The summed E-state index contributed by atoms with van der Waals surface area (Å²) in [6.45, 7) is 3.31. The molecule has 0 unspecified atom stereocenters. The van der Waals surface area contributed by atoms with Gasteiger partial charge < -0.3 is 11.1 Å². The maximum atomic E-state index is 11.9.